The first-order valence-corrected chi connectivity index (χ1v) is 13.3. The van der Waals surface area contributed by atoms with Crippen LogP contribution in [0.4, 0.5) is 5.69 Å². The monoisotopic (exact) mass is 538 g/mol. The molecule has 41 heavy (non-hydrogen) atoms. The van der Waals surface area contributed by atoms with Gasteiger partial charge in [0.2, 0.25) is 11.7 Å². The number of aryl methyl sites for hydroxylation is 2. The van der Waals surface area contributed by atoms with Crippen LogP contribution in [0.5, 0.6) is 5.88 Å². The molecule has 4 aromatic carbocycles. The number of rotatable bonds is 5. The Hall–Kier alpha value is -5.50. The Bertz CT molecular complexity index is 2120. The Kier molecular flexibility index (Phi) is 5.75. The quantitative estimate of drug-likeness (QED) is 0.231. The third-order valence-electron chi connectivity index (χ3n) is 7.49. The Morgan fingerprint density at radius 1 is 0.854 bits per heavy atom. The molecule has 0 saturated carbocycles. The minimum atomic E-state index is -0.553. The van der Waals surface area contributed by atoms with Gasteiger partial charge in [-0.15, -0.1) is 10.2 Å². The van der Waals surface area contributed by atoms with E-state index in [1.165, 1.54) is 0 Å². The van der Waals surface area contributed by atoms with Gasteiger partial charge in [0.25, 0.3) is 0 Å². The smallest absolute Gasteiger partial charge is 0.314 e. The third-order valence-corrected chi connectivity index (χ3v) is 7.49. The SMILES string of the molecule is Cc1ccc2c(c1)c(N=NC(=O)c1c(-c3ccccc3)nc3n(Cc4ccccc4)c4ccccc4n13)c(O)n2C. The van der Waals surface area contributed by atoms with Crippen LogP contribution in [0.15, 0.2) is 113 Å². The van der Waals surface area contributed by atoms with Gasteiger partial charge in [-0.25, -0.2) is 4.98 Å². The van der Waals surface area contributed by atoms with Gasteiger partial charge in [-0.1, -0.05) is 84.4 Å². The van der Waals surface area contributed by atoms with Gasteiger partial charge >= 0.3 is 5.91 Å². The number of imidazole rings is 2. The van der Waals surface area contributed by atoms with E-state index in [-0.39, 0.29) is 11.6 Å². The minimum absolute atomic E-state index is 0.0525. The van der Waals surface area contributed by atoms with Crippen molar-refractivity contribution in [2.45, 2.75) is 13.5 Å². The second kappa shape index (κ2) is 9.60. The first-order chi connectivity index (χ1) is 20.0. The zero-order chi connectivity index (χ0) is 28.1. The Labute approximate surface area is 235 Å². The fourth-order valence-electron chi connectivity index (χ4n) is 5.49. The van der Waals surface area contributed by atoms with Crippen molar-refractivity contribution in [3.63, 3.8) is 0 Å². The van der Waals surface area contributed by atoms with Crippen LogP contribution in [0, 0.1) is 6.92 Å². The van der Waals surface area contributed by atoms with Crippen molar-refractivity contribution in [1.29, 1.82) is 0 Å². The maximum Gasteiger partial charge on any atom is 0.314 e. The maximum absolute atomic E-state index is 14.0. The zero-order valence-electron chi connectivity index (χ0n) is 22.6. The molecule has 200 valence electrons. The minimum Gasteiger partial charge on any atom is -0.493 e. The molecule has 0 fully saturated rings. The molecule has 7 aromatic rings. The van der Waals surface area contributed by atoms with E-state index in [9.17, 15) is 9.90 Å². The summed E-state index contributed by atoms with van der Waals surface area (Å²) in [4.78, 5) is 19.0. The predicted octanol–water partition coefficient (Wildman–Crippen LogP) is 7.43. The van der Waals surface area contributed by atoms with E-state index in [4.69, 9.17) is 4.98 Å². The highest BCUT2D eigenvalue weighted by Crippen LogP contribution is 2.39. The summed E-state index contributed by atoms with van der Waals surface area (Å²) >= 11 is 0. The Morgan fingerprint density at radius 3 is 2.29 bits per heavy atom. The summed E-state index contributed by atoms with van der Waals surface area (Å²) in [6.07, 6.45) is 0. The average Bonchev–Trinajstić information content (AvgIpc) is 3.61. The predicted molar refractivity (Wildman–Crippen MR) is 160 cm³/mol. The van der Waals surface area contributed by atoms with Crippen molar-refractivity contribution in [3.05, 3.63) is 120 Å². The summed E-state index contributed by atoms with van der Waals surface area (Å²) < 4.78 is 5.62. The number of aromatic nitrogens is 4. The summed E-state index contributed by atoms with van der Waals surface area (Å²) in [5.74, 6) is 0.0300. The molecule has 0 atom stereocenters. The van der Waals surface area contributed by atoms with Gasteiger partial charge in [0.1, 0.15) is 11.4 Å². The van der Waals surface area contributed by atoms with E-state index in [1.807, 2.05) is 102 Å². The van der Waals surface area contributed by atoms with Crippen LogP contribution < -0.4 is 0 Å². The molecule has 8 heteroatoms. The molecule has 1 amide bonds. The molecular formula is C33H26N6O2. The Balaban J connectivity index is 1.44. The number of carbonyl (C=O) groups is 1. The van der Waals surface area contributed by atoms with Crippen molar-refractivity contribution in [1.82, 2.24) is 18.5 Å². The molecule has 1 N–H and O–H groups in total. The average molecular weight is 539 g/mol. The maximum atomic E-state index is 14.0. The van der Waals surface area contributed by atoms with E-state index < -0.39 is 5.91 Å². The van der Waals surface area contributed by atoms with Gasteiger partial charge in [-0.05, 0) is 36.8 Å². The second-order valence-corrected chi connectivity index (χ2v) is 10.1. The molecule has 3 heterocycles. The fraction of sp³-hybridized carbons (Fsp3) is 0.0909. The van der Waals surface area contributed by atoms with Crippen LogP contribution in [-0.2, 0) is 13.6 Å². The lowest BCUT2D eigenvalue weighted by Gasteiger charge is -2.05. The van der Waals surface area contributed by atoms with Crippen LogP contribution in [0.25, 0.3) is 39.0 Å². The largest absolute Gasteiger partial charge is 0.493 e. The summed E-state index contributed by atoms with van der Waals surface area (Å²) in [6, 6.07) is 33.5. The van der Waals surface area contributed by atoms with Gasteiger partial charge in [0.05, 0.1) is 23.1 Å². The van der Waals surface area contributed by atoms with Gasteiger partial charge in [0.15, 0.2) is 5.69 Å². The molecule has 0 spiro atoms. The van der Waals surface area contributed by atoms with Crippen molar-refractivity contribution in [2.75, 3.05) is 0 Å². The number of nitrogens with zero attached hydrogens (tertiary/aromatic N) is 6. The van der Waals surface area contributed by atoms with E-state index in [0.29, 0.717) is 23.7 Å². The molecule has 8 nitrogen and oxygen atoms in total. The van der Waals surface area contributed by atoms with Crippen molar-refractivity contribution >= 4 is 39.3 Å². The number of hydrogen-bond acceptors (Lipinski definition) is 4. The summed E-state index contributed by atoms with van der Waals surface area (Å²) in [5.41, 5.74) is 6.62. The second-order valence-electron chi connectivity index (χ2n) is 10.1. The van der Waals surface area contributed by atoms with Gasteiger partial charge in [-0.2, -0.15) is 0 Å². The topological polar surface area (TPSA) is 89.2 Å². The number of hydrogen-bond donors (Lipinski definition) is 1. The number of amides is 1. The van der Waals surface area contributed by atoms with E-state index in [0.717, 1.165) is 38.6 Å². The van der Waals surface area contributed by atoms with Crippen LogP contribution in [0.3, 0.4) is 0 Å². The van der Waals surface area contributed by atoms with Gasteiger partial charge in [0, 0.05) is 18.0 Å². The first-order valence-electron chi connectivity index (χ1n) is 13.3. The highest BCUT2D eigenvalue weighted by Gasteiger charge is 2.26. The van der Waals surface area contributed by atoms with Crippen LogP contribution >= 0.6 is 0 Å². The number of benzene rings is 4. The molecule has 0 radical (unpaired) electrons. The molecule has 0 aliphatic rings. The molecule has 0 aliphatic carbocycles. The normalized spacial score (nSPS) is 11.9. The fourth-order valence-corrected chi connectivity index (χ4v) is 5.49. The molecule has 0 saturated heterocycles. The number of aromatic hydroxyl groups is 1. The number of azo groups is 1. The number of carbonyl (C=O) groups excluding carboxylic acids is 1. The lowest BCUT2D eigenvalue weighted by Crippen LogP contribution is -2.02. The Morgan fingerprint density at radius 2 is 1.54 bits per heavy atom. The van der Waals surface area contributed by atoms with Crippen molar-refractivity contribution < 1.29 is 9.90 Å². The summed E-state index contributed by atoms with van der Waals surface area (Å²) in [7, 11) is 1.75. The van der Waals surface area contributed by atoms with Gasteiger partial charge < -0.3 is 14.2 Å². The highest BCUT2D eigenvalue weighted by atomic mass is 16.3. The number of fused-ring (bicyclic) bond motifs is 4. The van der Waals surface area contributed by atoms with E-state index in [2.05, 4.69) is 26.9 Å². The van der Waals surface area contributed by atoms with E-state index in [1.54, 1.807) is 11.6 Å². The van der Waals surface area contributed by atoms with Crippen LogP contribution in [-0.4, -0.2) is 29.5 Å². The van der Waals surface area contributed by atoms with Crippen LogP contribution in [0.1, 0.15) is 21.6 Å². The molecule has 0 unspecified atom stereocenters. The highest BCUT2D eigenvalue weighted by molar-refractivity contribution is 6.03. The molecule has 7 rings (SSSR count). The molecule has 0 aliphatic heterocycles. The lowest BCUT2D eigenvalue weighted by molar-refractivity contribution is 0.0990. The van der Waals surface area contributed by atoms with Crippen molar-refractivity contribution in [2.24, 2.45) is 17.3 Å². The van der Waals surface area contributed by atoms with Gasteiger partial charge in [-0.3, -0.25) is 9.20 Å². The molecular weight excluding hydrogens is 512 g/mol. The first kappa shape index (κ1) is 24.5. The van der Waals surface area contributed by atoms with E-state index >= 15 is 0 Å². The molecule has 0 bridgehead atoms. The zero-order valence-corrected chi connectivity index (χ0v) is 22.6. The summed E-state index contributed by atoms with van der Waals surface area (Å²) in [6.45, 7) is 2.55. The van der Waals surface area contributed by atoms with Crippen molar-refractivity contribution in [3.8, 4) is 17.1 Å². The van der Waals surface area contributed by atoms with Crippen LogP contribution in [0.2, 0.25) is 0 Å². The molecule has 3 aromatic heterocycles. The third kappa shape index (κ3) is 4.00. The summed E-state index contributed by atoms with van der Waals surface area (Å²) in [5, 5.41) is 20.0. The number of para-hydroxylation sites is 2. The lowest BCUT2D eigenvalue weighted by atomic mass is 10.1. The standard InChI is InChI=1S/C33H26N6O2/c1-21-17-18-25-24(19-21)29(32(41)37(25)2)35-36-31(40)30-28(23-13-7-4-8-14-23)34-33-38(20-22-11-5-3-6-12-22)26-15-9-10-16-27(26)39(30)33/h3-19,41H,20H2,1-2H3.